The van der Waals surface area contributed by atoms with E-state index in [1.807, 2.05) is 13.8 Å². The number of aryl methyl sites for hydroxylation is 2. The second-order valence-corrected chi connectivity index (χ2v) is 4.46. The molecule has 2 aromatic heterocycles. The summed E-state index contributed by atoms with van der Waals surface area (Å²) in [5.74, 6) is 0.726. The summed E-state index contributed by atoms with van der Waals surface area (Å²) in [6, 6.07) is 3.54. The van der Waals surface area contributed by atoms with Gasteiger partial charge < -0.3 is 11.1 Å². The second kappa shape index (κ2) is 3.86. The molecular formula is C10H12N4S. The molecule has 0 aromatic carbocycles. The van der Waals surface area contributed by atoms with E-state index in [1.165, 1.54) is 4.88 Å². The van der Waals surface area contributed by atoms with E-state index in [0.717, 1.165) is 16.6 Å². The third-order valence-electron chi connectivity index (χ3n) is 2.05. The maximum absolute atomic E-state index is 5.65. The van der Waals surface area contributed by atoms with Crippen molar-refractivity contribution in [1.29, 1.82) is 0 Å². The van der Waals surface area contributed by atoms with Gasteiger partial charge in [-0.2, -0.15) is 0 Å². The van der Waals surface area contributed by atoms with Crippen LogP contribution in [0.25, 0.3) is 0 Å². The molecule has 0 saturated carbocycles. The van der Waals surface area contributed by atoms with Crippen molar-refractivity contribution in [2.75, 3.05) is 11.1 Å². The molecule has 0 amide bonds. The minimum atomic E-state index is 0.692. The van der Waals surface area contributed by atoms with E-state index >= 15 is 0 Å². The first-order valence-electron chi connectivity index (χ1n) is 4.58. The van der Waals surface area contributed by atoms with Crippen LogP contribution in [0.4, 0.5) is 16.6 Å². The van der Waals surface area contributed by atoms with Gasteiger partial charge in [-0.3, -0.25) is 0 Å². The van der Waals surface area contributed by atoms with Gasteiger partial charge in [0, 0.05) is 22.8 Å². The number of nitrogens with zero attached hydrogens (tertiary/aromatic N) is 2. The molecule has 0 radical (unpaired) electrons. The van der Waals surface area contributed by atoms with E-state index in [4.69, 9.17) is 5.73 Å². The lowest BCUT2D eigenvalue weighted by Gasteiger charge is -2.01. The highest BCUT2D eigenvalue weighted by molar-refractivity contribution is 7.15. The lowest BCUT2D eigenvalue weighted by atomic mass is 10.4. The number of pyridine rings is 1. The molecular weight excluding hydrogens is 208 g/mol. The Morgan fingerprint density at radius 1 is 1.40 bits per heavy atom. The predicted molar refractivity (Wildman–Crippen MR) is 63.5 cm³/mol. The predicted octanol–water partition coefficient (Wildman–Crippen LogP) is 2.48. The molecule has 0 aliphatic heterocycles. The fraction of sp³-hybridized carbons (Fsp3) is 0.200. The van der Waals surface area contributed by atoms with E-state index < -0.39 is 0 Å². The highest BCUT2D eigenvalue weighted by Crippen LogP contribution is 2.24. The monoisotopic (exact) mass is 220 g/mol. The first-order valence-corrected chi connectivity index (χ1v) is 5.39. The molecule has 2 aromatic rings. The molecule has 0 fully saturated rings. The molecule has 3 N–H and O–H groups in total. The van der Waals surface area contributed by atoms with Gasteiger partial charge in [0.1, 0.15) is 5.82 Å². The number of aromatic nitrogens is 2. The molecule has 0 spiro atoms. The van der Waals surface area contributed by atoms with Gasteiger partial charge in [0.25, 0.3) is 0 Å². The molecule has 0 bridgehead atoms. The molecule has 4 nitrogen and oxygen atoms in total. The summed E-state index contributed by atoms with van der Waals surface area (Å²) in [6.45, 7) is 4.04. The van der Waals surface area contributed by atoms with Crippen molar-refractivity contribution in [3.05, 3.63) is 28.9 Å². The van der Waals surface area contributed by atoms with Crippen molar-refractivity contribution in [1.82, 2.24) is 9.97 Å². The number of nitrogen functional groups attached to an aromatic ring is 1. The Morgan fingerprint density at radius 3 is 2.80 bits per heavy atom. The molecule has 0 unspecified atom stereocenters. The number of rotatable bonds is 2. The molecule has 15 heavy (non-hydrogen) atoms. The summed E-state index contributed by atoms with van der Waals surface area (Å²) >= 11 is 1.61. The van der Waals surface area contributed by atoms with Crippen LogP contribution in [0.5, 0.6) is 0 Å². The Morgan fingerprint density at radius 2 is 2.20 bits per heavy atom. The largest absolute Gasteiger partial charge is 0.399 e. The van der Waals surface area contributed by atoms with Crippen molar-refractivity contribution in [2.45, 2.75) is 13.8 Å². The number of hydrogen-bond acceptors (Lipinski definition) is 5. The van der Waals surface area contributed by atoms with E-state index in [9.17, 15) is 0 Å². The zero-order chi connectivity index (χ0) is 10.8. The third kappa shape index (κ3) is 2.24. The van der Waals surface area contributed by atoms with Gasteiger partial charge in [-0.15, -0.1) is 11.3 Å². The van der Waals surface area contributed by atoms with Crippen molar-refractivity contribution >= 4 is 28.0 Å². The summed E-state index contributed by atoms with van der Waals surface area (Å²) in [6.07, 6.45) is 1.67. The summed E-state index contributed by atoms with van der Waals surface area (Å²) in [5, 5.41) is 3.97. The van der Waals surface area contributed by atoms with Gasteiger partial charge in [-0.25, -0.2) is 9.97 Å². The SMILES string of the molecule is Cc1nc(Nc2cc(N)ccn2)sc1C. The average Bonchev–Trinajstić information content (AvgIpc) is 2.45. The normalized spacial score (nSPS) is 10.3. The Kier molecular flexibility index (Phi) is 2.55. The first-order chi connectivity index (χ1) is 7.15. The number of anilines is 3. The quantitative estimate of drug-likeness (QED) is 0.816. The fourth-order valence-electron chi connectivity index (χ4n) is 1.15. The van der Waals surface area contributed by atoms with Crippen LogP contribution in [0.2, 0.25) is 0 Å². The molecule has 0 atom stereocenters. The number of nitrogens with one attached hydrogen (secondary N) is 1. The zero-order valence-electron chi connectivity index (χ0n) is 8.61. The lowest BCUT2D eigenvalue weighted by molar-refractivity contribution is 1.21. The zero-order valence-corrected chi connectivity index (χ0v) is 9.43. The van der Waals surface area contributed by atoms with Crippen molar-refractivity contribution < 1.29 is 0 Å². The molecule has 0 aliphatic rings. The Bertz CT molecular complexity index is 459. The van der Waals surface area contributed by atoms with Gasteiger partial charge in [-0.05, 0) is 19.9 Å². The topological polar surface area (TPSA) is 63.8 Å². The Labute approximate surface area is 92.2 Å². The van der Waals surface area contributed by atoms with Gasteiger partial charge in [0.05, 0.1) is 5.69 Å². The van der Waals surface area contributed by atoms with Crippen molar-refractivity contribution in [3.63, 3.8) is 0 Å². The molecule has 5 heteroatoms. The lowest BCUT2D eigenvalue weighted by Crippen LogP contribution is -1.94. The number of nitrogens with two attached hydrogens (primary N) is 1. The number of thiazole rings is 1. The standard InChI is InChI=1S/C10H12N4S/c1-6-7(2)15-10(13-6)14-9-5-8(11)3-4-12-9/h3-5H,1-2H3,(H3,11,12,13,14). The maximum atomic E-state index is 5.65. The highest BCUT2D eigenvalue weighted by Gasteiger charge is 2.04. The van der Waals surface area contributed by atoms with Crippen molar-refractivity contribution in [2.24, 2.45) is 0 Å². The van der Waals surface area contributed by atoms with E-state index in [2.05, 4.69) is 15.3 Å². The van der Waals surface area contributed by atoms with Crippen LogP contribution in [0, 0.1) is 13.8 Å². The molecule has 2 heterocycles. The fourth-order valence-corrected chi connectivity index (χ4v) is 1.97. The van der Waals surface area contributed by atoms with Gasteiger partial charge in [0.15, 0.2) is 5.13 Å². The van der Waals surface area contributed by atoms with Crippen LogP contribution in [0.1, 0.15) is 10.6 Å². The van der Waals surface area contributed by atoms with Crippen LogP contribution >= 0.6 is 11.3 Å². The van der Waals surface area contributed by atoms with Gasteiger partial charge >= 0.3 is 0 Å². The first kappa shape index (κ1) is 9.92. The van der Waals surface area contributed by atoms with Crippen LogP contribution in [0.3, 0.4) is 0 Å². The molecule has 0 aliphatic carbocycles. The Hall–Kier alpha value is -1.62. The molecule has 0 saturated heterocycles. The Balaban J connectivity index is 2.22. The van der Waals surface area contributed by atoms with E-state index in [0.29, 0.717) is 5.69 Å². The van der Waals surface area contributed by atoms with Gasteiger partial charge in [0.2, 0.25) is 0 Å². The van der Waals surface area contributed by atoms with Crippen LogP contribution in [-0.4, -0.2) is 9.97 Å². The van der Waals surface area contributed by atoms with E-state index in [-0.39, 0.29) is 0 Å². The summed E-state index contributed by atoms with van der Waals surface area (Å²) in [4.78, 5) is 9.72. The average molecular weight is 220 g/mol. The van der Waals surface area contributed by atoms with E-state index in [1.54, 1.807) is 29.7 Å². The molecule has 78 valence electrons. The molecule has 2 rings (SSSR count). The second-order valence-electron chi connectivity index (χ2n) is 3.26. The third-order valence-corrected chi connectivity index (χ3v) is 3.04. The number of hydrogen-bond donors (Lipinski definition) is 2. The van der Waals surface area contributed by atoms with Crippen LogP contribution < -0.4 is 11.1 Å². The summed E-state index contributed by atoms with van der Waals surface area (Å²) in [7, 11) is 0. The van der Waals surface area contributed by atoms with Crippen molar-refractivity contribution in [3.8, 4) is 0 Å². The van der Waals surface area contributed by atoms with Crippen LogP contribution in [-0.2, 0) is 0 Å². The minimum absolute atomic E-state index is 0.692. The maximum Gasteiger partial charge on any atom is 0.188 e. The summed E-state index contributed by atoms with van der Waals surface area (Å²) in [5.41, 5.74) is 7.39. The summed E-state index contributed by atoms with van der Waals surface area (Å²) < 4.78 is 0. The van der Waals surface area contributed by atoms with Crippen LogP contribution in [0.15, 0.2) is 18.3 Å². The highest BCUT2D eigenvalue weighted by atomic mass is 32.1. The smallest absolute Gasteiger partial charge is 0.188 e. The minimum Gasteiger partial charge on any atom is -0.399 e. The van der Waals surface area contributed by atoms with Gasteiger partial charge in [-0.1, -0.05) is 0 Å².